The lowest BCUT2D eigenvalue weighted by Crippen LogP contribution is -2.45. The maximum Gasteiger partial charge on any atom is 0.268 e. The Morgan fingerprint density at radius 2 is 0.789 bits per heavy atom. The first-order valence-electron chi connectivity index (χ1n) is 30.9. The van der Waals surface area contributed by atoms with Gasteiger partial charge in [0.1, 0.15) is 13.2 Å². The molecule has 0 spiro atoms. The van der Waals surface area contributed by atoms with E-state index in [0.717, 1.165) is 44.9 Å². The maximum atomic E-state index is 13.0. The van der Waals surface area contributed by atoms with Crippen LogP contribution >= 0.6 is 7.82 Å². The molecule has 0 bridgehead atoms. The average molecular weight is 1020 g/mol. The molecule has 0 aromatic rings. The SMILES string of the molecule is CCCCCCCCCCCCC/C=C/CC/C=C/CC/C=C/C(O)C(COP(=O)([O-])OCC[N+](C)(C)C)NC(=O)CCCCCCCCCCCCCCCCCCCCCCCCCCCCCC. The number of amides is 1. The third-order valence-electron chi connectivity index (χ3n) is 14.1. The molecule has 71 heavy (non-hydrogen) atoms. The highest BCUT2D eigenvalue weighted by Gasteiger charge is 2.23. The van der Waals surface area contributed by atoms with Gasteiger partial charge in [-0.15, -0.1) is 0 Å². The quantitative estimate of drug-likeness (QED) is 0.0272. The van der Waals surface area contributed by atoms with Crippen molar-refractivity contribution in [3.05, 3.63) is 36.5 Å². The zero-order chi connectivity index (χ0) is 52.0. The van der Waals surface area contributed by atoms with E-state index < -0.39 is 26.6 Å². The Kier molecular flexibility index (Phi) is 52.6. The van der Waals surface area contributed by atoms with Crippen LogP contribution in [0.2, 0.25) is 0 Å². The summed E-state index contributed by atoms with van der Waals surface area (Å²) >= 11 is 0. The molecule has 9 heteroatoms. The van der Waals surface area contributed by atoms with Crippen molar-refractivity contribution in [2.75, 3.05) is 40.9 Å². The third kappa shape index (κ3) is 56.3. The van der Waals surface area contributed by atoms with E-state index in [9.17, 15) is 19.4 Å². The first-order chi connectivity index (χ1) is 34.5. The van der Waals surface area contributed by atoms with Gasteiger partial charge >= 0.3 is 0 Å². The first-order valence-corrected chi connectivity index (χ1v) is 32.3. The number of nitrogens with zero attached hydrogens (tertiary/aromatic N) is 1. The van der Waals surface area contributed by atoms with Gasteiger partial charge in [0.2, 0.25) is 5.91 Å². The van der Waals surface area contributed by atoms with Gasteiger partial charge in [-0.3, -0.25) is 9.36 Å². The minimum absolute atomic E-state index is 0.00729. The highest BCUT2D eigenvalue weighted by molar-refractivity contribution is 7.45. The number of hydrogen-bond donors (Lipinski definition) is 2. The number of phosphoric ester groups is 1. The van der Waals surface area contributed by atoms with Crippen molar-refractivity contribution in [3.8, 4) is 0 Å². The molecule has 8 nitrogen and oxygen atoms in total. The predicted octanol–water partition coefficient (Wildman–Crippen LogP) is 18.3. The van der Waals surface area contributed by atoms with Crippen molar-refractivity contribution in [2.24, 2.45) is 0 Å². The third-order valence-corrected chi connectivity index (χ3v) is 15.0. The van der Waals surface area contributed by atoms with Crippen LogP contribution in [0.15, 0.2) is 36.5 Å². The van der Waals surface area contributed by atoms with Crippen molar-refractivity contribution in [1.82, 2.24) is 5.32 Å². The van der Waals surface area contributed by atoms with Gasteiger partial charge in [0.25, 0.3) is 7.82 Å². The van der Waals surface area contributed by atoms with Crippen LogP contribution in [0.25, 0.3) is 0 Å². The summed E-state index contributed by atoms with van der Waals surface area (Å²) in [7, 11) is 1.25. The summed E-state index contributed by atoms with van der Waals surface area (Å²) in [6.07, 6.45) is 69.6. The number of unbranched alkanes of at least 4 members (excludes halogenated alkanes) is 40. The number of aliphatic hydroxyl groups is 1. The van der Waals surface area contributed by atoms with Gasteiger partial charge in [-0.25, -0.2) is 0 Å². The van der Waals surface area contributed by atoms with E-state index in [1.54, 1.807) is 6.08 Å². The Balaban J connectivity index is 4.16. The van der Waals surface area contributed by atoms with Gasteiger partial charge in [-0.1, -0.05) is 288 Å². The zero-order valence-corrected chi connectivity index (χ0v) is 48.8. The lowest BCUT2D eigenvalue weighted by atomic mass is 10.0. The van der Waals surface area contributed by atoms with Crippen molar-refractivity contribution in [2.45, 2.75) is 315 Å². The number of rotatable bonds is 57. The van der Waals surface area contributed by atoms with Crippen molar-refractivity contribution in [1.29, 1.82) is 0 Å². The van der Waals surface area contributed by atoms with E-state index in [1.807, 2.05) is 27.2 Å². The van der Waals surface area contributed by atoms with Crippen molar-refractivity contribution >= 4 is 13.7 Å². The molecule has 3 atom stereocenters. The van der Waals surface area contributed by atoms with Crippen LogP contribution in [-0.4, -0.2) is 68.5 Å². The molecule has 0 aliphatic carbocycles. The molecule has 0 radical (unpaired) electrons. The monoisotopic (exact) mass is 1020 g/mol. The van der Waals surface area contributed by atoms with E-state index in [-0.39, 0.29) is 12.5 Å². The Hall–Kier alpha value is -1.28. The molecule has 2 N–H and O–H groups in total. The number of nitrogens with one attached hydrogen (secondary N) is 1. The Bertz CT molecular complexity index is 1250. The molecule has 0 saturated heterocycles. The molecule has 0 aromatic heterocycles. The Labute approximate surface area is 442 Å². The average Bonchev–Trinajstić information content (AvgIpc) is 3.33. The molecule has 0 heterocycles. The second-order valence-electron chi connectivity index (χ2n) is 22.4. The molecule has 0 rings (SSSR count). The number of likely N-dealkylation sites (N-methyl/N-ethyl adjacent to an activating group) is 1. The van der Waals surface area contributed by atoms with Gasteiger partial charge in [0, 0.05) is 6.42 Å². The number of allylic oxidation sites excluding steroid dienone is 5. The minimum Gasteiger partial charge on any atom is -0.756 e. The number of carbonyl (C=O) groups excluding carboxylic acids is 1. The van der Waals surface area contributed by atoms with Crippen LogP contribution in [0.1, 0.15) is 303 Å². The van der Waals surface area contributed by atoms with E-state index in [1.165, 1.54) is 238 Å². The molecule has 1 amide bonds. The Morgan fingerprint density at radius 1 is 0.479 bits per heavy atom. The predicted molar refractivity (Wildman–Crippen MR) is 307 cm³/mol. The number of carbonyl (C=O) groups is 1. The fraction of sp³-hybridized carbons (Fsp3) is 0.887. The molecule has 0 saturated carbocycles. The van der Waals surface area contributed by atoms with Crippen LogP contribution < -0.4 is 10.2 Å². The highest BCUT2D eigenvalue weighted by atomic mass is 31.2. The van der Waals surface area contributed by atoms with Crippen molar-refractivity contribution in [3.63, 3.8) is 0 Å². The number of phosphoric acid groups is 1. The van der Waals surface area contributed by atoms with Gasteiger partial charge in [-0.2, -0.15) is 0 Å². The summed E-state index contributed by atoms with van der Waals surface area (Å²) < 4.78 is 23.4. The summed E-state index contributed by atoms with van der Waals surface area (Å²) in [6, 6.07) is -0.908. The van der Waals surface area contributed by atoms with Gasteiger partial charge in [0.15, 0.2) is 0 Å². The largest absolute Gasteiger partial charge is 0.756 e. The summed E-state index contributed by atoms with van der Waals surface area (Å²) in [6.45, 7) is 4.66. The molecular weight excluding hydrogens is 900 g/mol. The summed E-state index contributed by atoms with van der Waals surface area (Å²) in [4.78, 5) is 25.5. The zero-order valence-electron chi connectivity index (χ0n) is 47.9. The standard InChI is InChI=1S/C62H121N2O6P/c1-6-8-10-12-14-16-18-20-22-24-26-28-29-30-31-32-33-34-36-38-40-42-44-46-48-50-52-54-56-62(66)63-60(59-70-71(67,68)69-58-57-64(3,4)5)61(65)55-53-51-49-47-45-43-41-39-37-35-27-25-23-21-19-17-15-13-11-9-7-2/h37,39,45,47,53,55,60-61,65H,6-36,38,40-44,46,48-52,54,56-59H2,1-5H3,(H-,63,66,67,68)/b39-37+,47-45+,55-53+. The number of hydrogen-bond acceptors (Lipinski definition) is 6. The van der Waals surface area contributed by atoms with Crippen LogP contribution in [-0.2, 0) is 18.4 Å². The van der Waals surface area contributed by atoms with Crippen LogP contribution in [0.4, 0.5) is 0 Å². The van der Waals surface area contributed by atoms with Gasteiger partial charge in [0.05, 0.1) is 39.9 Å². The van der Waals surface area contributed by atoms with Crippen LogP contribution in [0.3, 0.4) is 0 Å². The molecular formula is C62H121N2O6P. The lowest BCUT2D eigenvalue weighted by Gasteiger charge is -2.29. The van der Waals surface area contributed by atoms with Crippen molar-refractivity contribution < 1.29 is 32.9 Å². The fourth-order valence-corrected chi connectivity index (χ4v) is 9.97. The van der Waals surface area contributed by atoms with Crippen LogP contribution in [0.5, 0.6) is 0 Å². The van der Waals surface area contributed by atoms with Crippen LogP contribution in [0, 0.1) is 0 Å². The number of quaternary nitrogens is 1. The number of aliphatic hydroxyl groups excluding tert-OH is 1. The summed E-state index contributed by atoms with van der Waals surface area (Å²) in [5.41, 5.74) is 0. The molecule has 3 unspecified atom stereocenters. The molecule has 0 aliphatic heterocycles. The van der Waals surface area contributed by atoms with Gasteiger partial charge in [-0.05, 0) is 44.9 Å². The second-order valence-corrected chi connectivity index (χ2v) is 23.8. The van der Waals surface area contributed by atoms with E-state index in [2.05, 4.69) is 43.5 Å². The first kappa shape index (κ1) is 69.7. The minimum atomic E-state index is -4.61. The lowest BCUT2D eigenvalue weighted by molar-refractivity contribution is -0.870. The van der Waals surface area contributed by atoms with E-state index in [4.69, 9.17) is 9.05 Å². The maximum absolute atomic E-state index is 13.0. The highest BCUT2D eigenvalue weighted by Crippen LogP contribution is 2.38. The molecule has 0 aromatic carbocycles. The topological polar surface area (TPSA) is 108 Å². The Morgan fingerprint density at radius 3 is 1.14 bits per heavy atom. The summed E-state index contributed by atoms with van der Waals surface area (Å²) in [5.74, 6) is -0.205. The molecule has 420 valence electrons. The molecule has 0 fully saturated rings. The normalized spacial score (nSPS) is 14.1. The van der Waals surface area contributed by atoms with Gasteiger partial charge < -0.3 is 28.8 Å². The second kappa shape index (κ2) is 53.5. The molecule has 0 aliphatic rings. The fourth-order valence-electron chi connectivity index (χ4n) is 9.25. The smallest absolute Gasteiger partial charge is 0.268 e. The summed E-state index contributed by atoms with van der Waals surface area (Å²) in [5, 5.41) is 13.9. The van der Waals surface area contributed by atoms with E-state index >= 15 is 0 Å². The van der Waals surface area contributed by atoms with E-state index in [0.29, 0.717) is 17.4 Å².